The van der Waals surface area contributed by atoms with E-state index in [2.05, 4.69) is 4.99 Å². The number of thiophene rings is 1. The number of piperidine rings is 1. The molecule has 7 heteroatoms. The second-order valence-corrected chi connectivity index (χ2v) is 7.63. The van der Waals surface area contributed by atoms with Crippen LogP contribution < -0.4 is 0 Å². The van der Waals surface area contributed by atoms with Crippen molar-refractivity contribution < 1.29 is 14.4 Å². The lowest BCUT2D eigenvalue weighted by atomic mass is 9.93. The number of nitrogens with zero attached hydrogens (tertiary/aromatic N) is 3. The lowest BCUT2D eigenvalue weighted by Crippen LogP contribution is -2.54. The smallest absolute Gasteiger partial charge is 0.339 e. The Kier molecular flexibility index (Phi) is 4.85. The number of carbonyl (C=O) groups is 3. The Balaban J connectivity index is 1.39. The molecule has 0 aromatic carbocycles. The van der Waals surface area contributed by atoms with Gasteiger partial charge in [-0.15, -0.1) is 11.3 Å². The summed E-state index contributed by atoms with van der Waals surface area (Å²) in [6.45, 7) is 1.04. The largest absolute Gasteiger partial charge is 0.350 e. The molecule has 1 saturated heterocycles. The Labute approximate surface area is 161 Å². The van der Waals surface area contributed by atoms with Gasteiger partial charge in [0.1, 0.15) is 0 Å². The quantitative estimate of drug-likeness (QED) is 0.756. The molecule has 0 saturated carbocycles. The van der Waals surface area contributed by atoms with Crippen LogP contribution in [-0.4, -0.2) is 52.5 Å². The van der Waals surface area contributed by atoms with Crippen molar-refractivity contribution in [3.63, 3.8) is 0 Å². The number of hydrogen-bond acceptors (Lipinski definition) is 4. The molecule has 27 heavy (non-hydrogen) atoms. The molecule has 0 radical (unpaired) electrons. The molecular weight excluding hydrogens is 362 g/mol. The Morgan fingerprint density at radius 3 is 2.78 bits per heavy atom. The molecule has 3 aliphatic rings. The van der Waals surface area contributed by atoms with Gasteiger partial charge in [-0.3, -0.25) is 14.5 Å². The van der Waals surface area contributed by atoms with E-state index in [1.54, 1.807) is 46.6 Å². The Morgan fingerprint density at radius 2 is 2.04 bits per heavy atom. The van der Waals surface area contributed by atoms with E-state index in [4.69, 9.17) is 0 Å². The van der Waals surface area contributed by atoms with E-state index in [1.807, 2.05) is 23.6 Å². The third-order valence-electron chi connectivity index (χ3n) is 5.01. The molecule has 2 aliphatic heterocycles. The summed E-state index contributed by atoms with van der Waals surface area (Å²) in [5.74, 6) is -0.729. The average Bonchev–Trinajstić information content (AvgIpc) is 3.20. The molecule has 1 aromatic heterocycles. The van der Waals surface area contributed by atoms with Gasteiger partial charge < -0.3 is 4.90 Å². The van der Waals surface area contributed by atoms with Gasteiger partial charge in [0.05, 0.1) is 11.6 Å². The van der Waals surface area contributed by atoms with Crippen LogP contribution in [0.2, 0.25) is 0 Å². The average molecular weight is 381 g/mol. The van der Waals surface area contributed by atoms with Gasteiger partial charge >= 0.3 is 6.03 Å². The van der Waals surface area contributed by atoms with E-state index >= 15 is 0 Å². The number of urea groups is 1. The summed E-state index contributed by atoms with van der Waals surface area (Å²) in [6, 6.07) is 3.20. The van der Waals surface area contributed by atoms with Crippen LogP contribution in [0.3, 0.4) is 0 Å². The van der Waals surface area contributed by atoms with Crippen LogP contribution in [0, 0.1) is 5.92 Å². The maximum absolute atomic E-state index is 12.8. The highest BCUT2D eigenvalue weighted by atomic mass is 32.1. The summed E-state index contributed by atoms with van der Waals surface area (Å²) in [6.07, 6.45) is 11.6. The second kappa shape index (κ2) is 7.44. The van der Waals surface area contributed by atoms with Gasteiger partial charge in [0, 0.05) is 30.1 Å². The lowest BCUT2D eigenvalue weighted by molar-refractivity contribution is -0.133. The number of aliphatic imine (C=N–C) groups is 1. The molecule has 0 N–H and O–H groups in total. The number of rotatable bonds is 3. The minimum absolute atomic E-state index is 0.0428. The van der Waals surface area contributed by atoms with Crippen molar-refractivity contribution in [3.05, 3.63) is 52.8 Å². The van der Waals surface area contributed by atoms with Gasteiger partial charge in [-0.2, -0.15) is 4.99 Å². The highest BCUT2D eigenvalue weighted by Gasteiger charge is 2.40. The van der Waals surface area contributed by atoms with Crippen molar-refractivity contribution in [3.8, 4) is 0 Å². The first-order valence-corrected chi connectivity index (χ1v) is 9.82. The zero-order valence-electron chi connectivity index (χ0n) is 14.7. The molecule has 138 valence electrons. The van der Waals surface area contributed by atoms with Crippen LogP contribution in [0.5, 0.6) is 0 Å². The zero-order chi connectivity index (χ0) is 18.8. The summed E-state index contributed by atoms with van der Waals surface area (Å²) in [5, 5.41) is 1.97. The molecule has 4 amide bonds. The van der Waals surface area contributed by atoms with Crippen molar-refractivity contribution >= 4 is 41.0 Å². The van der Waals surface area contributed by atoms with Crippen molar-refractivity contribution in [2.24, 2.45) is 10.9 Å². The first-order chi connectivity index (χ1) is 13.1. The number of allylic oxidation sites excluding steroid dienone is 3. The molecule has 0 bridgehead atoms. The fraction of sp³-hybridized carbons (Fsp3) is 0.300. The Bertz CT molecular complexity index is 874. The topological polar surface area (TPSA) is 70.1 Å². The number of carbonyl (C=O) groups excluding carboxylic acids is 3. The first kappa shape index (κ1) is 17.6. The van der Waals surface area contributed by atoms with Crippen molar-refractivity contribution in [1.29, 1.82) is 0 Å². The minimum atomic E-state index is -0.492. The molecule has 0 spiro atoms. The SMILES string of the molecule is O=C(/C=C/c1cccs1)N1CCC(N2C(=O)N=C3C=CC=CC3C2=O)CC1. The first-order valence-electron chi connectivity index (χ1n) is 8.94. The van der Waals surface area contributed by atoms with Crippen molar-refractivity contribution in [2.45, 2.75) is 18.9 Å². The van der Waals surface area contributed by atoms with Crippen molar-refractivity contribution in [1.82, 2.24) is 9.80 Å². The minimum Gasteiger partial charge on any atom is -0.339 e. The third-order valence-corrected chi connectivity index (χ3v) is 5.85. The van der Waals surface area contributed by atoms with E-state index in [-0.39, 0.29) is 17.9 Å². The highest BCUT2D eigenvalue weighted by molar-refractivity contribution is 7.10. The standard InChI is InChI=1S/C20H19N3O3S/c24-18(8-7-15-4-3-13-27-15)22-11-9-14(10-12-22)23-19(25)16-5-1-2-6-17(16)21-20(23)26/h1-8,13-14,16H,9-12H2/b8-7+. The Hall–Kier alpha value is -2.80. The second-order valence-electron chi connectivity index (χ2n) is 6.65. The van der Waals surface area contributed by atoms with Gasteiger partial charge in [-0.05, 0) is 36.4 Å². The van der Waals surface area contributed by atoms with Crippen LogP contribution in [0.4, 0.5) is 4.79 Å². The van der Waals surface area contributed by atoms with E-state index in [0.717, 1.165) is 4.88 Å². The third kappa shape index (κ3) is 3.55. The zero-order valence-corrected chi connectivity index (χ0v) is 15.5. The van der Waals surface area contributed by atoms with Gasteiger partial charge in [0.25, 0.3) is 0 Å². The summed E-state index contributed by atoms with van der Waals surface area (Å²) < 4.78 is 0. The number of amides is 4. The monoisotopic (exact) mass is 381 g/mol. The number of imide groups is 1. The predicted molar refractivity (Wildman–Crippen MR) is 104 cm³/mol. The van der Waals surface area contributed by atoms with Crippen LogP contribution in [-0.2, 0) is 9.59 Å². The van der Waals surface area contributed by atoms with Crippen LogP contribution in [0.15, 0.2) is 52.9 Å². The molecule has 3 heterocycles. The summed E-state index contributed by atoms with van der Waals surface area (Å²) in [5.41, 5.74) is 0.509. The van der Waals surface area contributed by atoms with Crippen molar-refractivity contribution in [2.75, 3.05) is 13.1 Å². The molecule has 4 rings (SSSR count). The van der Waals surface area contributed by atoms with E-state index in [9.17, 15) is 14.4 Å². The molecule has 1 aromatic rings. The normalized spacial score (nSPS) is 23.1. The fourth-order valence-corrected chi connectivity index (χ4v) is 4.20. The van der Waals surface area contributed by atoms with Gasteiger partial charge in [0.15, 0.2) is 0 Å². The maximum atomic E-state index is 12.8. The van der Waals surface area contributed by atoms with E-state index in [1.165, 1.54) is 4.90 Å². The van der Waals surface area contributed by atoms with Gasteiger partial charge in [0.2, 0.25) is 11.8 Å². The molecule has 6 nitrogen and oxygen atoms in total. The summed E-state index contributed by atoms with van der Waals surface area (Å²) in [4.78, 5) is 45.7. The summed E-state index contributed by atoms with van der Waals surface area (Å²) in [7, 11) is 0. The van der Waals surface area contributed by atoms with E-state index in [0.29, 0.717) is 31.6 Å². The van der Waals surface area contributed by atoms with Gasteiger partial charge in [-0.1, -0.05) is 24.3 Å². The number of fused-ring (bicyclic) bond motifs is 1. The molecular formula is C20H19N3O3S. The molecule has 1 fully saturated rings. The number of hydrogen-bond donors (Lipinski definition) is 0. The molecule has 1 unspecified atom stereocenters. The molecule has 1 atom stereocenters. The van der Waals surface area contributed by atoms with Crippen LogP contribution in [0.1, 0.15) is 17.7 Å². The van der Waals surface area contributed by atoms with Crippen LogP contribution in [0.25, 0.3) is 6.08 Å². The molecule has 1 aliphatic carbocycles. The van der Waals surface area contributed by atoms with E-state index < -0.39 is 11.9 Å². The predicted octanol–water partition coefficient (Wildman–Crippen LogP) is 2.90. The van der Waals surface area contributed by atoms with Gasteiger partial charge in [-0.25, -0.2) is 4.79 Å². The number of likely N-dealkylation sites (tertiary alicyclic amines) is 1. The lowest BCUT2D eigenvalue weighted by Gasteiger charge is -2.39. The highest BCUT2D eigenvalue weighted by Crippen LogP contribution is 2.26. The summed E-state index contributed by atoms with van der Waals surface area (Å²) >= 11 is 1.58. The maximum Gasteiger partial charge on any atom is 0.350 e. The van der Waals surface area contributed by atoms with Crippen LogP contribution >= 0.6 is 11.3 Å². The fourth-order valence-electron chi connectivity index (χ4n) is 3.58. The Morgan fingerprint density at radius 1 is 1.22 bits per heavy atom.